The second-order valence-corrected chi connectivity index (χ2v) is 6.14. The summed E-state index contributed by atoms with van der Waals surface area (Å²) in [5, 5.41) is 18.1. The maximum absolute atomic E-state index is 11.0. The fourth-order valence-electron chi connectivity index (χ4n) is 2.23. The van der Waals surface area contributed by atoms with Gasteiger partial charge in [0, 0.05) is 12.7 Å². The molecule has 6 heteroatoms. The molecule has 0 amide bonds. The van der Waals surface area contributed by atoms with Gasteiger partial charge in [-0.1, -0.05) is 18.2 Å². The third-order valence-electron chi connectivity index (χ3n) is 3.12. The molecule has 1 aliphatic rings. The summed E-state index contributed by atoms with van der Waals surface area (Å²) in [7, 11) is 1.64. The number of halogens is 2. The van der Waals surface area contributed by atoms with Gasteiger partial charge in [-0.25, -0.2) is 8.78 Å². The monoisotopic (exact) mass is 368 g/mol. The number of alkyl halides is 2. The normalized spacial score (nSPS) is 12.5. The van der Waals surface area contributed by atoms with Crippen molar-refractivity contribution >= 4 is 0 Å². The van der Waals surface area contributed by atoms with Gasteiger partial charge in [0.05, 0.1) is 13.2 Å². The third kappa shape index (κ3) is 9.22. The Hall–Kier alpha value is -2.34. The number of aryl methyl sites for hydroxylation is 1. The largest absolute Gasteiger partial charge is 0.508 e. The van der Waals surface area contributed by atoms with Crippen molar-refractivity contribution in [3.8, 4) is 17.2 Å². The number of phenolic OH excluding ortho intramolecular Hbond substituents is 2. The average Bonchev–Trinajstić information content (AvgIpc) is 2.55. The molecule has 0 spiro atoms. The molecule has 0 bridgehead atoms. The first-order valence-electron chi connectivity index (χ1n) is 8.29. The van der Waals surface area contributed by atoms with Crippen molar-refractivity contribution in [1.29, 1.82) is 0 Å². The van der Waals surface area contributed by atoms with Gasteiger partial charge in [0.15, 0.2) is 0 Å². The Balaban J connectivity index is 0.000000235. The number of fused-ring (bicyclic) bond motifs is 1. The maximum Gasteiger partial charge on any atom is 0.242 e. The van der Waals surface area contributed by atoms with Crippen LogP contribution in [0, 0.1) is 0 Å². The van der Waals surface area contributed by atoms with Crippen molar-refractivity contribution in [2.75, 3.05) is 13.7 Å². The standard InChI is InChI=1S/C11H14O3.C6H6O.C3H6F2/c1-13-7-9-6-10(12)5-8-3-2-4-14-11(8)9;7-6-4-2-1-3-5-6;1-3(2,4)5/h5-6,12H,2-4,7H2,1H3;1-5,7H;1-2H3. The fourth-order valence-corrected chi connectivity index (χ4v) is 2.23. The van der Waals surface area contributed by atoms with Crippen LogP contribution in [0.3, 0.4) is 0 Å². The molecule has 0 radical (unpaired) electrons. The highest BCUT2D eigenvalue weighted by molar-refractivity contribution is 5.47. The van der Waals surface area contributed by atoms with E-state index in [4.69, 9.17) is 14.6 Å². The van der Waals surface area contributed by atoms with E-state index in [1.54, 1.807) is 43.5 Å². The van der Waals surface area contributed by atoms with Crippen molar-refractivity contribution in [1.82, 2.24) is 0 Å². The van der Waals surface area contributed by atoms with Gasteiger partial charge in [-0.3, -0.25) is 0 Å². The molecule has 0 saturated heterocycles. The summed E-state index contributed by atoms with van der Waals surface area (Å²) >= 11 is 0. The van der Waals surface area contributed by atoms with E-state index in [9.17, 15) is 13.9 Å². The minimum absolute atomic E-state index is 0.293. The SMILES string of the molecule is CC(C)(F)F.COCc1cc(O)cc2c1OCCC2.Oc1ccccc1. The van der Waals surface area contributed by atoms with Crippen LogP contribution in [0.15, 0.2) is 42.5 Å². The van der Waals surface area contributed by atoms with E-state index in [1.807, 2.05) is 6.07 Å². The Morgan fingerprint density at radius 2 is 1.69 bits per heavy atom. The number of aromatic hydroxyl groups is 2. The Bertz CT molecular complexity index is 649. The van der Waals surface area contributed by atoms with Gasteiger partial charge in [0.2, 0.25) is 5.92 Å². The Labute approximate surface area is 153 Å². The van der Waals surface area contributed by atoms with Gasteiger partial charge < -0.3 is 19.7 Å². The molecular formula is C20H26F2O4. The summed E-state index contributed by atoms with van der Waals surface area (Å²) in [6, 6.07) is 12.2. The fraction of sp³-hybridized carbons (Fsp3) is 0.400. The van der Waals surface area contributed by atoms with Gasteiger partial charge >= 0.3 is 0 Å². The lowest BCUT2D eigenvalue weighted by molar-refractivity contribution is 0.0437. The lowest BCUT2D eigenvalue weighted by Crippen LogP contribution is -2.10. The number of methoxy groups -OCH3 is 1. The van der Waals surface area contributed by atoms with E-state index in [0.29, 0.717) is 18.1 Å². The van der Waals surface area contributed by atoms with Crippen LogP contribution in [0.25, 0.3) is 0 Å². The van der Waals surface area contributed by atoms with Crippen molar-refractivity contribution in [2.24, 2.45) is 0 Å². The molecule has 2 aromatic rings. The number of ether oxygens (including phenoxy) is 2. The quantitative estimate of drug-likeness (QED) is 0.790. The van der Waals surface area contributed by atoms with Gasteiger partial charge in [-0.15, -0.1) is 0 Å². The Morgan fingerprint density at radius 3 is 2.19 bits per heavy atom. The third-order valence-corrected chi connectivity index (χ3v) is 3.12. The van der Waals surface area contributed by atoms with Crippen LogP contribution in [-0.2, 0) is 17.8 Å². The van der Waals surface area contributed by atoms with Gasteiger partial charge in [-0.05, 0) is 56.5 Å². The number of hydrogen-bond donors (Lipinski definition) is 2. The van der Waals surface area contributed by atoms with Crippen LogP contribution >= 0.6 is 0 Å². The van der Waals surface area contributed by atoms with Crippen molar-refractivity contribution in [3.05, 3.63) is 53.6 Å². The predicted octanol–water partition coefficient (Wildman–Crippen LogP) is 4.92. The van der Waals surface area contributed by atoms with Gasteiger partial charge in [0.1, 0.15) is 17.2 Å². The highest BCUT2D eigenvalue weighted by Gasteiger charge is 2.15. The lowest BCUT2D eigenvalue weighted by Gasteiger charge is -2.20. The second kappa shape index (κ2) is 10.6. The van der Waals surface area contributed by atoms with Crippen molar-refractivity contribution in [3.63, 3.8) is 0 Å². The smallest absolute Gasteiger partial charge is 0.242 e. The van der Waals surface area contributed by atoms with Crippen LogP contribution < -0.4 is 4.74 Å². The maximum atomic E-state index is 11.0. The van der Waals surface area contributed by atoms with Gasteiger partial charge in [0.25, 0.3) is 0 Å². The Kier molecular flexibility index (Phi) is 8.85. The van der Waals surface area contributed by atoms with E-state index in [-0.39, 0.29) is 0 Å². The first kappa shape index (κ1) is 21.7. The molecule has 1 heterocycles. The summed E-state index contributed by atoms with van der Waals surface area (Å²) < 4.78 is 32.7. The topological polar surface area (TPSA) is 58.9 Å². The highest BCUT2D eigenvalue weighted by Crippen LogP contribution is 2.33. The first-order valence-corrected chi connectivity index (χ1v) is 8.29. The molecule has 0 aliphatic carbocycles. The van der Waals surface area contributed by atoms with Crippen molar-refractivity contribution < 1.29 is 28.5 Å². The molecule has 4 nitrogen and oxygen atoms in total. The molecule has 3 rings (SSSR count). The van der Waals surface area contributed by atoms with E-state index < -0.39 is 5.92 Å². The van der Waals surface area contributed by atoms with Crippen LogP contribution in [0.2, 0.25) is 0 Å². The molecule has 0 aromatic heterocycles. The van der Waals surface area contributed by atoms with Crippen LogP contribution in [0.5, 0.6) is 17.2 Å². The summed E-state index contributed by atoms with van der Waals surface area (Å²) in [5.74, 6) is -0.986. The number of para-hydroxylation sites is 1. The van der Waals surface area contributed by atoms with E-state index >= 15 is 0 Å². The van der Waals surface area contributed by atoms with Crippen LogP contribution in [0.4, 0.5) is 8.78 Å². The van der Waals surface area contributed by atoms with E-state index in [2.05, 4.69) is 0 Å². The second-order valence-electron chi connectivity index (χ2n) is 6.14. The number of benzene rings is 2. The highest BCUT2D eigenvalue weighted by atomic mass is 19.3. The molecular weight excluding hydrogens is 342 g/mol. The van der Waals surface area contributed by atoms with Gasteiger partial charge in [-0.2, -0.15) is 0 Å². The molecule has 26 heavy (non-hydrogen) atoms. The predicted molar refractivity (Wildman–Crippen MR) is 97.0 cm³/mol. The number of rotatable bonds is 2. The summed E-state index contributed by atoms with van der Waals surface area (Å²) in [5.41, 5.74) is 2.02. The minimum atomic E-state index is -2.50. The average molecular weight is 368 g/mol. The van der Waals surface area contributed by atoms with Crippen molar-refractivity contribution in [2.45, 2.75) is 39.2 Å². The van der Waals surface area contributed by atoms with Crippen LogP contribution in [0.1, 0.15) is 31.4 Å². The molecule has 0 unspecified atom stereocenters. The summed E-state index contributed by atoms with van der Waals surface area (Å²) in [4.78, 5) is 0. The molecule has 0 atom stereocenters. The zero-order valence-corrected chi connectivity index (χ0v) is 15.3. The lowest BCUT2D eigenvalue weighted by atomic mass is 10.0. The Morgan fingerprint density at radius 1 is 1.08 bits per heavy atom. The number of phenols is 2. The molecule has 144 valence electrons. The van der Waals surface area contributed by atoms with E-state index in [0.717, 1.165) is 50.2 Å². The minimum Gasteiger partial charge on any atom is -0.508 e. The molecule has 2 aromatic carbocycles. The molecule has 0 fully saturated rings. The van der Waals surface area contributed by atoms with Crippen LogP contribution in [-0.4, -0.2) is 29.9 Å². The summed E-state index contributed by atoms with van der Waals surface area (Å²) in [6.45, 7) is 2.95. The zero-order valence-electron chi connectivity index (χ0n) is 15.3. The van der Waals surface area contributed by atoms with E-state index in [1.165, 1.54) is 0 Å². The molecule has 2 N–H and O–H groups in total. The molecule has 1 aliphatic heterocycles. The zero-order chi connectivity index (χ0) is 19.6. The first-order chi connectivity index (χ1) is 12.2. The summed E-state index contributed by atoms with van der Waals surface area (Å²) in [6.07, 6.45) is 1.99. The molecule has 0 saturated carbocycles. The number of hydrogen-bond acceptors (Lipinski definition) is 4.